The van der Waals surface area contributed by atoms with Crippen molar-refractivity contribution >= 4 is 17.2 Å². The van der Waals surface area contributed by atoms with Crippen molar-refractivity contribution in [1.29, 1.82) is 0 Å². The summed E-state index contributed by atoms with van der Waals surface area (Å²) in [7, 11) is 0. The summed E-state index contributed by atoms with van der Waals surface area (Å²) in [6, 6.07) is 7.29. The Labute approximate surface area is 176 Å². The third-order valence-corrected chi connectivity index (χ3v) is 5.49. The second kappa shape index (κ2) is 8.46. The van der Waals surface area contributed by atoms with Crippen LogP contribution in [0.25, 0.3) is 21.7 Å². The number of nitrogens with one attached hydrogen (secondary N) is 1. The number of pyridine rings is 3. The summed E-state index contributed by atoms with van der Waals surface area (Å²) < 4.78 is 13.3. The van der Waals surface area contributed by atoms with Gasteiger partial charge >= 0.3 is 0 Å². The maximum absolute atomic E-state index is 13.3. The van der Waals surface area contributed by atoms with Gasteiger partial charge in [-0.3, -0.25) is 19.7 Å². The summed E-state index contributed by atoms with van der Waals surface area (Å²) >= 11 is 1.19. The van der Waals surface area contributed by atoms with Crippen molar-refractivity contribution in [2.75, 3.05) is 0 Å². The van der Waals surface area contributed by atoms with Crippen LogP contribution in [0.15, 0.2) is 55.2 Å². The Bertz CT molecular complexity index is 1220. The molecule has 0 spiro atoms. The van der Waals surface area contributed by atoms with Gasteiger partial charge in [-0.2, -0.15) is 0 Å². The number of aromatic nitrogens is 4. The maximum atomic E-state index is 13.3. The molecule has 0 bridgehead atoms. The molecule has 8 heteroatoms. The molecule has 0 unspecified atom stereocenters. The first kappa shape index (κ1) is 19.8. The molecule has 0 fully saturated rings. The van der Waals surface area contributed by atoms with Gasteiger partial charge in [-0.05, 0) is 43.2 Å². The number of thiazole rings is 1. The molecule has 150 valence electrons. The quantitative estimate of drug-likeness (QED) is 0.520. The molecule has 6 nitrogen and oxygen atoms in total. The molecule has 0 aliphatic rings. The summed E-state index contributed by atoms with van der Waals surface area (Å²) in [5.41, 5.74) is 5.33. The Morgan fingerprint density at radius 1 is 1.03 bits per heavy atom. The second-order valence-corrected chi connectivity index (χ2v) is 7.83. The van der Waals surface area contributed by atoms with Crippen LogP contribution in [0.4, 0.5) is 4.39 Å². The lowest BCUT2D eigenvalue weighted by molar-refractivity contribution is 0.0950. The van der Waals surface area contributed by atoms with Crippen molar-refractivity contribution in [3.63, 3.8) is 0 Å². The number of aryl methyl sites for hydroxylation is 2. The van der Waals surface area contributed by atoms with Crippen molar-refractivity contribution in [3.8, 4) is 21.7 Å². The number of hydrogen-bond donors (Lipinski definition) is 1. The van der Waals surface area contributed by atoms with Gasteiger partial charge in [0.2, 0.25) is 0 Å². The van der Waals surface area contributed by atoms with Gasteiger partial charge in [0.25, 0.3) is 5.91 Å². The third-order valence-electron chi connectivity index (χ3n) is 4.45. The summed E-state index contributed by atoms with van der Waals surface area (Å²) in [4.78, 5) is 29.9. The first-order chi connectivity index (χ1) is 14.5. The molecule has 4 aromatic rings. The maximum Gasteiger partial charge on any atom is 0.280 e. The van der Waals surface area contributed by atoms with Gasteiger partial charge in [0, 0.05) is 48.2 Å². The van der Waals surface area contributed by atoms with Gasteiger partial charge in [0.05, 0.1) is 16.8 Å². The molecule has 0 saturated carbocycles. The molecule has 4 rings (SSSR count). The lowest BCUT2D eigenvalue weighted by atomic mass is 10.1. The molecule has 0 atom stereocenters. The van der Waals surface area contributed by atoms with Crippen molar-refractivity contribution in [3.05, 3.63) is 82.9 Å². The van der Waals surface area contributed by atoms with Gasteiger partial charge in [0.1, 0.15) is 5.82 Å². The van der Waals surface area contributed by atoms with Crippen LogP contribution in [-0.4, -0.2) is 25.8 Å². The van der Waals surface area contributed by atoms with E-state index >= 15 is 0 Å². The molecule has 0 radical (unpaired) electrons. The molecule has 0 aliphatic carbocycles. The monoisotopic (exact) mass is 419 g/mol. The van der Waals surface area contributed by atoms with Crippen LogP contribution in [-0.2, 0) is 6.54 Å². The lowest BCUT2D eigenvalue weighted by Gasteiger charge is -2.09. The molecular formula is C22H18FN5OS. The molecule has 0 aliphatic heterocycles. The predicted octanol–water partition coefficient (Wildman–Crippen LogP) is 4.35. The highest BCUT2D eigenvalue weighted by atomic mass is 32.1. The fourth-order valence-corrected chi connectivity index (χ4v) is 3.86. The number of carbonyl (C=O) groups excluding carboxylic acids is 1. The van der Waals surface area contributed by atoms with Crippen LogP contribution in [0.3, 0.4) is 0 Å². The molecular weight excluding hydrogens is 401 g/mol. The number of carbonyl (C=O) groups is 1. The Kier molecular flexibility index (Phi) is 5.58. The average molecular weight is 419 g/mol. The summed E-state index contributed by atoms with van der Waals surface area (Å²) in [5, 5.41) is 3.16. The van der Waals surface area contributed by atoms with Crippen LogP contribution >= 0.6 is 11.3 Å². The first-order valence-electron chi connectivity index (χ1n) is 9.23. The zero-order valence-corrected chi connectivity index (χ0v) is 17.2. The number of halogens is 1. The molecule has 4 aromatic heterocycles. The Balaban J connectivity index is 1.44. The van der Waals surface area contributed by atoms with E-state index in [-0.39, 0.29) is 5.91 Å². The third kappa shape index (κ3) is 4.38. The van der Waals surface area contributed by atoms with Gasteiger partial charge in [0.15, 0.2) is 5.01 Å². The number of nitrogens with zero attached hydrogens (tertiary/aromatic N) is 4. The normalized spacial score (nSPS) is 10.8. The lowest BCUT2D eigenvalue weighted by Crippen LogP contribution is -2.22. The van der Waals surface area contributed by atoms with Crippen LogP contribution in [0.2, 0.25) is 0 Å². The fraction of sp³-hybridized carbons (Fsp3) is 0.136. The van der Waals surface area contributed by atoms with Crippen LogP contribution in [0.1, 0.15) is 26.6 Å². The van der Waals surface area contributed by atoms with Crippen molar-refractivity contribution in [2.45, 2.75) is 20.4 Å². The van der Waals surface area contributed by atoms with Crippen molar-refractivity contribution in [1.82, 2.24) is 25.3 Å². The predicted molar refractivity (Wildman–Crippen MR) is 113 cm³/mol. The molecule has 1 amide bonds. The zero-order chi connectivity index (χ0) is 21.1. The first-order valence-corrected chi connectivity index (χ1v) is 10.0. The fourth-order valence-electron chi connectivity index (χ4n) is 3.04. The largest absolute Gasteiger partial charge is 0.346 e. The SMILES string of the molecule is Cc1cc(-c2ncc(CNC(=O)c3ncc(-c4cncc(F)c4)s3)cc2C)ccn1. The standard InChI is InChI=1S/C22H18FN5OS/c1-13-5-15(8-26-20(13)16-3-4-25-14(2)6-16)9-27-21(29)22-28-12-19(30-22)17-7-18(23)11-24-10-17/h3-8,10-12H,9H2,1-2H3,(H,27,29). The topological polar surface area (TPSA) is 80.7 Å². The highest BCUT2D eigenvalue weighted by molar-refractivity contribution is 7.16. The van der Waals surface area contributed by atoms with E-state index in [4.69, 9.17) is 0 Å². The van der Waals surface area contributed by atoms with Gasteiger partial charge in [-0.1, -0.05) is 6.07 Å². The minimum Gasteiger partial charge on any atom is -0.346 e. The van der Waals surface area contributed by atoms with E-state index in [0.29, 0.717) is 22.0 Å². The van der Waals surface area contributed by atoms with E-state index in [9.17, 15) is 9.18 Å². The smallest absolute Gasteiger partial charge is 0.280 e. The molecule has 1 N–H and O–H groups in total. The highest BCUT2D eigenvalue weighted by Gasteiger charge is 2.13. The van der Waals surface area contributed by atoms with Gasteiger partial charge < -0.3 is 5.32 Å². The van der Waals surface area contributed by atoms with E-state index in [2.05, 4.69) is 25.3 Å². The molecule has 4 heterocycles. The summed E-state index contributed by atoms with van der Waals surface area (Å²) in [6.07, 6.45) is 7.74. The molecule has 0 aromatic carbocycles. The Morgan fingerprint density at radius 2 is 1.90 bits per heavy atom. The van der Waals surface area contributed by atoms with E-state index in [1.807, 2.05) is 32.0 Å². The van der Waals surface area contributed by atoms with Gasteiger partial charge in [-0.15, -0.1) is 11.3 Å². The molecule has 0 saturated heterocycles. The molecule has 30 heavy (non-hydrogen) atoms. The van der Waals surface area contributed by atoms with Crippen LogP contribution in [0.5, 0.6) is 0 Å². The number of amides is 1. The van der Waals surface area contributed by atoms with Crippen LogP contribution < -0.4 is 5.32 Å². The number of hydrogen-bond acceptors (Lipinski definition) is 6. The van der Waals surface area contributed by atoms with Gasteiger partial charge in [-0.25, -0.2) is 9.37 Å². The van der Waals surface area contributed by atoms with Crippen LogP contribution in [0, 0.1) is 19.7 Å². The zero-order valence-electron chi connectivity index (χ0n) is 16.4. The average Bonchev–Trinajstić information content (AvgIpc) is 3.22. The minimum absolute atomic E-state index is 0.290. The van der Waals surface area contributed by atoms with E-state index in [1.165, 1.54) is 17.4 Å². The van der Waals surface area contributed by atoms with E-state index in [0.717, 1.165) is 34.3 Å². The minimum atomic E-state index is -0.430. The van der Waals surface area contributed by atoms with E-state index < -0.39 is 5.82 Å². The second-order valence-electron chi connectivity index (χ2n) is 6.80. The number of rotatable bonds is 5. The van der Waals surface area contributed by atoms with E-state index in [1.54, 1.807) is 24.8 Å². The summed E-state index contributed by atoms with van der Waals surface area (Å²) in [6.45, 7) is 4.26. The summed E-state index contributed by atoms with van der Waals surface area (Å²) in [5.74, 6) is -0.720. The van der Waals surface area contributed by atoms with Crippen molar-refractivity contribution in [2.24, 2.45) is 0 Å². The Morgan fingerprint density at radius 3 is 2.67 bits per heavy atom. The highest BCUT2D eigenvalue weighted by Crippen LogP contribution is 2.26. The van der Waals surface area contributed by atoms with Crippen molar-refractivity contribution < 1.29 is 9.18 Å². The Hall–Kier alpha value is -3.52.